The van der Waals surface area contributed by atoms with E-state index in [-0.39, 0.29) is 23.4 Å². The molecule has 0 aliphatic carbocycles. The molecule has 156 valence electrons. The number of aromatic nitrogens is 1. The quantitative estimate of drug-likeness (QED) is 0.312. The van der Waals surface area contributed by atoms with Gasteiger partial charge in [0.05, 0.1) is 16.4 Å². The molecule has 0 atom stereocenters. The van der Waals surface area contributed by atoms with Crippen LogP contribution in [0, 0.1) is 24.0 Å². The Hall–Kier alpha value is -3.65. The van der Waals surface area contributed by atoms with Crippen molar-refractivity contribution < 1.29 is 14.5 Å². The van der Waals surface area contributed by atoms with Crippen LogP contribution in [-0.2, 0) is 11.3 Å². The number of benzene rings is 2. The van der Waals surface area contributed by atoms with Gasteiger partial charge in [-0.25, -0.2) is 0 Å². The van der Waals surface area contributed by atoms with E-state index in [1.54, 1.807) is 18.2 Å². The number of thioether (sulfide) groups is 1. The molecule has 1 aliphatic heterocycles. The van der Waals surface area contributed by atoms with Gasteiger partial charge in [-0.2, -0.15) is 0 Å². The topological polar surface area (TPSA) is 85.5 Å². The minimum atomic E-state index is -0.488. The van der Waals surface area contributed by atoms with Crippen molar-refractivity contribution in [3.8, 4) is 5.69 Å². The van der Waals surface area contributed by atoms with Gasteiger partial charge in [-0.05, 0) is 61.0 Å². The maximum Gasteiger partial charge on any atom is 0.293 e. The Morgan fingerprint density at radius 1 is 1.03 bits per heavy atom. The van der Waals surface area contributed by atoms with Crippen molar-refractivity contribution in [2.45, 2.75) is 20.4 Å². The molecule has 0 radical (unpaired) electrons. The molecule has 1 aromatic heterocycles. The van der Waals surface area contributed by atoms with Crippen LogP contribution in [0.4, 0.5) is 10.5 Å². The molecule has 0 bridgehead atoms. The summed E-state index contributed by atoms with van der Waals surface area (Å²) < 4.78 is 2.10. The minimum Gasteiger partial charge on any atom is -0.318 e. The van der Waals surface area contributed by atoms with E-state index >= 15 is 0 Å². The second-order valence-electron chi connectivity index (χ2n) is 7.19. The maximum atomic E-state index is 12.9. The van der Waals surface area contributed by atoms with Gasteiger partial charge < -0.3 is 4.57 Å². The molecule has 1 fully saturated rings. The second-order valence-corrected chi connectivity index (χ2v) is 8.18. The first kappa shape index (κ1) is 20.6. The summed E-state index contributed by atoms with van der Waals surface area (Å²) in [6, 6.07) is 17.8. The van der Waals surface area contributed by atoms with Crippen LogP contribution in [0.15, 0.2) is 65.6 Å². The first-order valence-electron chi connectivity index (χ1n) is 9.58. The standard InChI is InChI=1S/C23H19N3O4S/c1-15-12-18(16(2)25(15)19-6-4-3-5-7-19)13-21-22(27)24(23(28)31-21)14-17-8-10-20(11-9-17)26(29)30/h3-13H,14H2,1-2H3/b21-13-. The first-order valence-corrected chi connectivity index (χ1v) is 10.4. The van der Waals surface area contributed by atoms with Crippen LogP contribution in [-0.4, -0.2) is 25.5 Å². The summed E-state index contributed by atoms with van der Waals surface area (Å²) in [6.07, 6.45) is 1.75. The van der Waals surface area contributed by atoms with Gasteiger partial charge in [0, 0.05) is 29.2 Å². The van der Waals surface area contributed by atoms with E-state index in [1.165, 1.54) is 12.1 Å². The van der Waals surface area contributed by atoms with Crippen LogP contribution in [0.3, 0.4) is 0 Å². The molecule has 31 heavy (non-hydrogen) atoms. The largest absolute Gasteiger partial charge is 0.318 e. The highest BCUT2D eigenvalue weighted by atomic mass is 32.2. The van der Waals surface area contributed by atoms with Crippen molar-refractivity contribution in [2.75, 3.05) is 0 Å². The van der Waals surface area contributed by atoms with Gasteiger partial charge in [0.1, 0.15) is 0 Å². The smallest absolute Gasteiger partial charge is 0.293 e. The van der Waals surface area contributed by atoms with E-state index < -0.39 is 4.92 Å². The Morgan fingerprint density at radius 2 is 1.71 bits per heavy atom. The van der Waals surface area contributed by atoms with Crippen LogP contribution in [0.2, 0.25) is 0 Å². The number of rotatable bonds is 5. The first-order chi connectivity index (χ1) is 14.8. The normalized spacial score (nSPS) is 15.2. The Balaban J connectivity index is 1.58. The molecule has 4 rings (SSSR count). The van der Waals surface area contributed by atoms with Gasteiger partial charge in [0.2, 0.25) is 0 Å². The predicted molar refractivity (Wildman–Crippen MR) is 120 cm³/mol. The summed E-state index contributed by atoms with van der Waals surface area (Å²) >= 11 is 0.905. The molecule has 0 N–H and O–H groups in total. The molecule has 2 heterocycles. The number of para-hydroxylation sites is 1. The fourth-order valence-corrected chi connectivity index (χ4v) is 4.42. The van der Waals surface area contributed by atoms with Gasteiger partial charge in [-0.1, -0.05) is 30.3 Å². The number of nitro benzene ring substituents is 1. The summed E-state index contributed by atoms with van der Waals surface area (Å²) in [4.78, 5) is 37.2. The lowest BCUT2D eigenvalue weighted by molar-refractivity contribution is -0.384. The summed E-state index contributed by atoms with van der Waals surface area (Å²) in [6.45, 7) is 4.05. The van der Waals surface area contributed by atoms with Crippen LogP contribution in [0.25, 0.3) is 11.8 Å². The maximum absolute atomic E-state index is 12.9. The van der Waals surface area contributed by atoms with Gasteiger partial charge in [-0.3, -0.25) is 24.6 Å². The molecule has 2 aromatic carbocycles. The Kier molecular flexibility index (Phi) is 5.48. The molecule has 8 heteroatoms. The monoisotopic (exact) mass is 433 g/mol. The van der Waals surface area contributed by atoms with Crippen molar-refractivity contribution in [3.63, 3.8) is 0 Å². The third-order valence-corrected chi connectivity index (χ3v) is 6.04. The lowest BCUT2D eigenvalue weighted by atomic mass is 10.2. The van der Waals surface area contributed by atoms with Crippen LogP contribution in [0.1, 0.15) is 22.5 Å². The third-order valence-electron chi connectivity index (χ3n) is 5.13. The van der Waals surface area contributed by atoms with Crippen LogP contribution < -0.4 is 0 Å². The Bertz CT molecular complexity index is 1210. The van der Waals surface area contributed by atoms with Crippen molar-refractivity contribution >= 4 is 34.7 Å². The number of carbonyl (C=O) groups is 2. The van der Waals surface area contributed by atoms with Gasteiger partial charge >= 0.3 is 0 Å². The summed E-state index contributed by atoms with van der Waals surface area (Å²) in [5.74, 6) is -0.363. The van der Waals surface area contributed by atoms with Gasteiger partial charge in [-0.15, -0.1) is 0 Å². The number of carbonyl (C=O) groups excluding carboxylic acids is 2. The van der Waals surface area contributed by atoms with E-state index in [1.807, 2.05) is 50.2 Å². The van der Waals surface area contributed by atoms with Gasteiger partial charge in [0.25, 0.3) is 16.8 Å². The number of imide groups is 1. The van der Waals surface area contributed by atoms with E-state index in [4.69, 9.17) is 0 Å². The summed E-state index contributed by atoms with van der Waals surface area (Å²) in [5, 5.41) is 10.4. The minimum absolute atomic E-state index is 0.0356. The van der Waals surface area contributed by atoms with Crippen molar-refractivity contribution in [1.29, 1.82) is 0 Å². The molecule has 0 unspecified atom stereocenters. The zero-order valence-corrected chi connectivity index (χ0v) is 17.8. The summed E-state index contributed by atoms with van der Waals surface area (Å²) in [5.41, 5.74) is 4.53. The fraction of sp³-hybridized carbons (Fsp3) is 0.130. The molecule has 1 saturated heterocycles. The van der Waals surface area contributed by atoms with Crippen LogP contribution >= 0.6 is 11.8 Å². The molecule has 3 aromatic rings. The fourth-order valence-electron chi connectivity index (χ4n) is 3.59. The molecule has 0 saturated carbocycles. The van der Waals surface area contributed by atoms with Gasteiger partial charge in [0.15, 0.2) is 0 Å². The number of hydrogen-bond donors (Lipinski definition) is 0. The lowest BCUT2D eigenvalue weighted by Crippen LogP contribution is -2.27. The highest BCUT2D eigenvalue weighted by Gasteiger charge is 2.35. The van der Waals surface area contributed by atoms with E-state index in [0.717, 1.165) is 39.3 Å². The molecule has 1 aliphatic rings. The highest BCUT2D eigenvalue weighted by Crippen LogP contribution is 2.34. The van der Waals surface area contributed by atoms with E-state index in [0.29, 0.717) is 10.5 Å². The third kappa shape index (κ3) is 4.02. The van der Waals surface area contributed by atoms with Crippen molar-refractivity contribution in [1.82, 2.24) is 9.47 Å². The number of non-ortho nitro benzene ring substituents is 1. The molecule has 2 amide bonds. The number of amides is 2. The van der Waals surface area contributed by atoms with Crippen molar-refractivity contribution in [3.05, 3.63) is 98.2 Å². The lowest BCUT2D eigenvalue weighted by Gasteiger charge is -2.12. The number of nitro groups is 1. The number of aryl methyl sites for hydroxylation is 1. The molecular formula is C23H19N3O4S. The molecular weight excluding hydrogens is 414 g/mol. The van der Waals surface area contributed by atoms with Crippen molar-refractivity contribution in [2.24, 2.45) is 0 Å². The average Bonchev–Trinajstić information content (AvgIpc) is 3.18. The van der Waals surface area contributed by atoms with E-state index in [2.05, 4.69) is 4.57 Å². The Labute approximate surface area is 183 Å². The zero-order valence-electron chi connectivity index (χ0n) is 16.9. The molecule has 0 spiro atoms. The summed E-state index contributed by atoms with van der Waals surface area (Å²) in [7, 11) is 0. The average molecular weight is 433 g/mol. The zero-order chi connectivity index (χ0) is 22.1. The van der Waals surface area contributed by atoms with Crippen LogP contribution in [0.5, 0.6) is 0 Å². The number of nitrogens with zero attached hydrogens (tertiary/aromatic N) is 3. The second kappa shape index (κ2) is 8.23. The molecule has 7 nitrogen and oxygen atoms in total. The van der Waals surface area contributed by atoms with E-state index in [9.17, 15) is 19.7 Å². The Morgan fingerprint density at radius 3 is 2.35 bits per heavy atom. The highest BCUT2D eigenvalue weighted by molar-refractivity contribution is 8.18. The SMILES string of the molecule is Cc1cc(/C=C2\SC(=O)N(Cc3ccc([N+](=O)[O-])cc3)C2=O)c(C)n1-c1ccccc1. The number of hydrogen-bond acceptors (Lipinski definition) is 5. The predicted octanol–water partition coefficient (Wildman–Crippen LogP) is 5.24.